The van der Waals surface area contributed by atoms with Gasteiger partial charge in [0.1, 0.15) is 6.04 Å². The summed E-state index contributed by atoms with van der Waals surface area (Å²) in [6.07, 6.45) is 1.59. The van der Waals surface area contributed by atoms with E-state index in [0.29, 0.717) is 0 Å². The van der Waals surface area contributed by atoms with Crippen LogP contribution in [0.3, 0.4) is 0 Å². The Labute approximate surface area is 117 Å². The van der Waals surface area contributed by atoms with Gasteiger partial charge >= 0.3 is 12.0 Å². The summed E-state index contributed by atoms with van der Waals surface area (Å²) >= 11 is 0. The number of rotatable bonds is 6. The van der Waals surface area contributed by atoms with Crippen LogP contribution >= 0.6 is 0 Å². The van der Waals surface area contributed by atoms with Gasteiger partial charge in [-0.15, -0.1) is 0 Å². The molecule has 0 aromatic rings. The molecule has 3 amide bonds. The number of carbonyl (C=O) groups excluding carboxylic acids is 2. The highest BCUT2D eigenvalue weighted by Gasteiger charge is 2.23. The van der Waals surface area contributed by atoms with Crippen molar-refractivity contribution >= 4 is 17.9 Å². The van der Waals surface area contributed by atoms with Crippen molar-refractivity contribution in [2.24, 2.45) is 5.73 Å². The van der Waals surface area contributed by atoms with Gasteiger partial charge in [-0.1, -0.05) is 0 Å². The molecule has 1 fully saturated rings. The largest absolute Gasteiger partial charge is 0.480 e. The molecule has 1 aliphatic heterocycles. The van der Waals surface area contributed by atoms with Gasteiger partial charge < -0.3 is 26.4 Å². The quantitative estimate of drug-likeness (QED) is 0.503. The van der Waals surface area contributed by atoms with E-state index in [0.717, 1.165) is 25.9 Å². The van der Waals surface area contributed by atoms with Gasteiger partial charge in [-0.05, 0) is 39.4 Å². The Morgan fingerprint density at radius 3 is 2.45 bits per heavy atom. The lowest BCUT2D eigenvalue weighted by atomic mass is 10.1. The van der Waals surface area contributed by atoms with E-state index in [1.165, 1.54) is 0 Å². The molecule has 0 saturated carbocycles. The Balaban J connectivity index is 2.37. The topological polar surface area (TPSA) is 125 Å². The number of nitrogens with one attached hydrogen (secondary N) is 2. The molecule has 1 atom stereocenters. The number of carboxylic acids is 1. The summed E-state index contributed by atoms with van der Waals surface area (Å²) in [4.78, 5) is 35.5. The van der Waals surface area contributed by atoms with Crippen LogP contribution in [0.15, 0.2) is 0 Å². The number of nitrogens with zero attached hydrogens (tertiary/aromatic N) is 1. The molecule has 1 rings (SSSR count). The number of amides is 3. The van der Waals surface area contributed by atoms with Crippen molar-refractivity contribution < 1.29 is 19.5 Å². The number of piperidine rings is 1. The summed E-state index contributed by atoms with van der Waals surface area (Å²) in [5.41, 5.74) is 4.97. The molecule has 1 saturated heterocycles. The van der Waals surface area contributed by atoms with Gasteiger partial charge in [-0.25, -0.2) is 9.59 Å². The number of carbonyl (C=O) groups is 3. The molecule has 20 heavy (non-hydrogen) atoms. The molecule has 5 N–H and O–H groups in total. The molecule has 8 heteroatoms. The van der Waals surface area contributed by atoms with E-state index < -0.39 is 23.9 Å². The number of hydrogen-bond donors (Lipinski definition) is 4. The summed E-state index contributed by atoms with van der Waals surface area (Å²) in [6, 6.07) is -1.57. The zero-order chi connectivity index (χ0) is 15.1. The predicted molar refractivity (Wildman–Crippen MR) is 72.0 cm³/mol. The summed E-state index contributed by atoms with van der Waals surface area (Å²) < 4.78 is 0. The minimum atomic E-state index is -1.18. The van der Waals surface area contributed by atoms with Crippen LogP contribution in [0.5, 0.6) is 0 Å². The molecule has 0 aromatic heterocycles. The number of hydrogen-bond acceptors (Lipinski definition) is 4. The van der Waals surface area contributed by atoms with E-state index in [-0.39, 0.29) is 18.9 Å². The molecule has 0 radical (unpaired) electrons. The highest BCUT2D eigenvalue weighted by molar-refractivity contribution is 5.83. The Bertz CT molecular complexity index is 366. The van der Waals surface area contributed by atoms with E-state index in [9.17, 15) is 14.4 Å². The molecule has 1 unspecified atom stereocenters. The number of primary amides is 1. The molecule has 8 nitrogen and oxygen atoms in total. The van der Waals surface area contributed by atoms with Crippen molar-refractivity contribution in [3.05, 3.63) is 0 Å². The van der Waals surface area contributed by atoms with Gasteiger partial charge in [0.2, 0.25) is 5.91 Å². The molecule has 1 aliphatic rings. The minimum Gasteiger partial charge on any atom is -0.480 e. The fourth-order valence-corrected chi connectivity index (χ4v) is 2.08. The number of nitrogens with two attached hydrogens (primary N) is 1. The fourth-order valence-electron chi connectivity index (χ4n) is 2.08. The average molecular weight is 286 g/mol. The first-order valence-electron chi connectivity index (χ1n) is 6.65. The Morgan fingerprint density at radius 1 is 1.35 bits per heavy atom. The first kappa shape index (κ1) is 16.2. The van der Waals surface area contributed by atoms with Crippen molar-refractivity contribution in [1.82, 2.24) is 15.5 Å². The van der Waals surface area contributed by atoms with E-state index in [1.54, 1.807) is 0 Å². The Morgan fingerprint density at radius 2 is 1.95 bits per heavy atom. The molecule has 114 valence electrons. The average Bonchev–Trinajstić information content (AvgIpc) is 2.36. The number of urea groups is 1. The van der Waals surface area contributed by atoms with Crippen molar-refractivity contribution in [2.75, 3.05) is 20.1 Å². The third kappa shape index (κ3) is 5.87. The van der Waals surface area contributed by atoms with Crippen LogP contribution in [0.2, 0.25) is 0 Å². The van der Waals surface area contributed by atoms with Gasteiger partial charge in [0, 0.05) is 12.5 Å². The van der Waals surface area contributed by atoms with Crippen LogP contribution in [0.1, 0.15) is 25.7 Å². The van der Waals surface area contributed by atoms with E-state index >= 15 is 0 Å². The fraction of sp³-hybridized carbons (Fsp3) is 0.750. The summed E-state index contributed by atoms with van der Waals surface area (Å²) in [6.45, 7) is 1.80. The highest BCUT2D eigenvalue weighted by Crippen LogP contribution is 2.08. The van der Waals surface area contributed by atoms with E-state index in [1.807, 2.05) is 7.05 Å². The summed E-state index contributed by atoms with van der Waals surface area (Å²) in [7, 11) is 2.01. The van der Waals surface area contributed by atoms with Crippen LogP contribution in [-0.4, -0.2) is 60.1 Å². The Kier molecular flexibility index (Phi) is 6.23. The smallest absolute Gasteiger partial charge is 0.326 e. The maximum Gasteiger partial charge on any atom is 0.326 e. The molecule has 1 heterocycles. The van der Waals surface area contributed by atoms with E-state index in [4.69, 9.17) is 10.8 Å². The maximum absolute atomic E-state index is 11.7. The second-order valence-corrected chi connectivity index (χ2v) is 5.09. The first-order valence-corrected chi connectivity index (χ1v) is 6.65. The standard InChI is InChI=1S/C12H22N4O4/c1-16-6-4-8(5-7-16)14-12(20)15-9(11(18)19)2-3-10(13)17/h8-9H,2-7H2,1H3,(H2,13,17)(H,18,19)(H2,14,15,20). The zero-order valence-electron chi connectivity index (χ0n) is 11.6. The van der Waals surface area contributed by atoms with Crippen molar-refractivity contribution in [3.63, 3.8) is 0 Å². The monoisotopic (exact) mass is 286 g/mol. The zero-order valence-corrected chi connectivity index (χ0v) is 11.6. The van der Waals surface area contributed by atoms with Gasteiger partial charge in [-0.3, -0.25) is 4.79 Å². The van der Waals surface area contributed by atoms with Crippen molar-refractivity contribution in [1.29, 1.82) is 0 Å². The first-order chi connectivity index (χ1) is 9.38. The van der Waals surface area contributed by atoms with Crippen molar-refractivity contribution in [3.8, 4) is 0 Å². The second kappa shape index (κ2) is 7.68. The Hall–Kier alpha value is -1.83. The molecule has 0 aromatic carbocycles. The normalized spacial score (nSPS) is 18.2. The predicted octanol–water partition coefficient (Wildman–Crippen LogP) is -0.901. The number of likely N-dealkylation sites (tertiary alicyclic amines) is 1. The van der Waals surface area contributed by atoms with Crippen LogP contribution in [0.25, 0.3) is 0 Å². The third-order valence-corrected chi connectivity index (χ3v) is 3.34. The van der Waals surface area contributed by atoms with Gasteiger partial charge in [0.15, 0.2) is 0 Å². The third-order valence-electron chi connectivity index (χ3n) is 3.34. The van der Waals surface area contributed by atoms with Crippen LogP contribution in [-0.2, 0) is 9.59 Å². The summed E-state index contributed by atoms with van der Waals surface area (Å²) in [5.74, 6) is -1.77. The van der Waals surface area contributed by atoms with Gasteiger partial charge in [0.05, 0.1) is 0 Å². The summed E-state index contributed by atoms with van der Waals surface area (Å²) in [5, 5.41) is 14.1. The lowest BCUT2D eigenvalue weighted by Crippen LogP contribution is -2.51. The molecule has 0 bridgehead atoms. The molecule has 0 aliphatic carbocycles. The van der Waals surface area contributed by atoms with Crippen LogP contribution in [0.4, 0.5) is 4.79 Å². The lowest BCUT2D eigenvalue weighted by Gasteiger charge is -2.29. The maximum atomic E-state index is 11.7. The second-order valence-electron chi connectivity index (χ2n) is 5.09. The number of carboxylic acid groups (broad SMARTS) is 1. The van der Waals surface area contributed by atoms with Gasteiger partial charge in [0.25, 0.3) is 0 Å². The minimum absolute atomic E-state index is 0.00844. The lowest BCUT2D eigenvalue weighted by molar-refractivity contribution is -0.139. The van der Waals surface area contributed by atoms with Gasteiger partial charge in [-0.2, -0.15) is 0 Å². The molecular formula is C12H22N4O4. The molecular weight excluding hydrogens is 264 g/mol. The van der Waals surface area contributed by atoms with E-state index in [2.05, 4.69) is 15.5 Å². The SMILES string of the molecule is CN1CCC(NC(=O)NC(CCC(N)=O)C(=O)O)CC1. The highest BCUT2D eigenvalue weighted by atomic mass is 16.4. The molecule has 0 spiro atoms. The van der Waals surface area contributed by atoms with Crippen LogP contribution < -0.4 is 16.4 Å². The van der Waals surface area contributed by atoms with Crippen molar-refractivity contribution in [2.45, 2.75) is 37.8 Å². The number of aliphatic carboxylic acids is 1. The van der Waals surface area contributed by atoms with Crippen LogP contribution in [0, 0.1) is 0 Å².